The van der Waals surface area contributed by atoms with Gasteiger partial charge in [-0.1, -0.05) is 13.8 Å². The second-order valence-electron chi connectivity index (χ2n) is 4.88. The summed E-state index contributed by atoms with van der Waals surface area (Å²) < 4.78 is 5.02. The maximum atomic E-state index is 11.4. The van der Waals surface area contributed by atoms with Crippen LogP contribution >= 0.6 is 0 Å². The van der Waals surface area contributed by atoms with Gasteiger partial charge in [0.25, 0.3) is 0 Å². The molecule has 0 saturated heterocycles. The van der Waals surface area contributed by atoms with Gasteiger partial charge in [-0.15, -0.1) is 0 Å². The molecule has 0 spiro atoms. The molecule has 0 radical (unpaired) electrons. The third kappa shape index (κ3) is 3.90. The highest BCUT2D eigenvalue weighted by Crippen LogP contribution is 2.25. The number of ether oxygens (including phenoxy) is 1. The first-order valence-electron chi connectivity index (χ1n) is 6.80. The lowest BCUT2D eigenvalue weighted by molar-refractivity contribution is -0.149. The number of nitrogens with one attached hydrogen (secondary N) is 1. The van der Waals surface area contributed by atoms with Gasteiger partial charge in [0.15, 0.2) is 0 Å². The molecule has 0 saturated carbocycles. The van der Waals surface area contributed by atoms with Gasteiger partial charge in [0.1, 0.15) is 0 Å². The van der Waals surface area contributed by atoms with Crippen LogP contribution in [0, 0.1) is 12.3 Å². The highest BCUT2D eigenvalue weighted by molar-refractivity contribution is 5.74. The van der Waals surface area contributed by atoms with E-state index in [1.165, 1.54) is 7.11 Å². The van der Waals surface area contributed by atoms with Crippen molar-refractivity contribution >= 4 is 5.97 Å². The first-order valence-corrected chi connectivity index (χ1v) is 6.80. The minimum Gasteiger partial charge on any atom is -0.481 e. The highest BCUT2D eigenvalue weighted by atomic mass is 16.5. The summed E-state index contributed by atoms with van der Waals surface area (Å²) in [6, 6.07) is 2.19. The number of carbonyl (C=O) groups is 1. The van der Waals surface area contributed by atoms with Crippen LogP contribution in [0.5, 0.6) is 6.01 Å². The summed E-state index contributed by atoms with van der Waals surface area (Å²) in [5.41, 5.74) is 0.900. The quantitative estimate of drug-likeness (QED) is 0.755. The van der Waals surface area contributed by atoms with E-state index in [0.717, 1.165) is 11.4 Å². The standard InChI is InChI=1S/C14H23N3O3/c1-5-14(6-2,12(18)19)9-15-8-11-7-10(3)16-13(17-11)20-4/h7,15H,5-6,8-9H2,1-4H3,(H,18,19). The molecule has 0 aliphatic heterocycles. The first kappa shape index (κ1) is 16.4. The molecule has 6 heteroatoms. The van der Waals surface area contributed by atoms with Gasteiger partial charge in [0.05, 0.1) is 18.2 Å². The Labute approximate surface area is 119 Å². The van der Waals surface area contributed by atoms with Crippen LogP contribution in [0.4, 0.5) is 0 Å². The van der Waals surface area contributed by atoms with Gasteiger partial charge in [0.2, 0.25) is 0 Å². The van der Waals surface area contributed by atoms with Crippen molar-refractivity contribution in [3.8, 4) is 6.01 Å². The molecule has 1 aromatic heterocycles. The van der Waals surface area contributed by atoms with Crippen LogP contribution in [0.3, 0.4) is 0 Å². The molecule has 0 bridgehead atoms. The van der Waals surface area contributed by atoms with Crippen molar-refractivity contribution in [2.24, 2.45) is 5.41 Å². The van der Waals surface area contributed by atoms with E-state index in [4.69, 9.17) is 4.74 Å². The van der Waals surface area contributed by atoms with Crippen LogP contribution < -0.4 is 10.1 Å². The Morgan fingerprint density at radius 1 is 1.40 bits per heavy atom. The van der Waals surface area contributed by atoms with Gasteiger partial charge < -0.3 is 15.2 Å². The second-order valence-corrected chi connectivity index (χ2v) is 4.88. The summed E-state index contributed by atoms with van der Waals surface area (Å²) in [6.07, 6.45) is 1.19. The van der Waals surface area contributed by atoms with Gasteiger partial charge in [0, 0.05) is 18.8 Å². The van der Waals surface area contributed by atoms with Gasteiger partial charge in [-0.2, -0.15) is 4.98 Å². The number of aliphatic carboxylic acids is 1. The van der Waals surface area contributed by atoms with E-state index >= 15 is 0 Å². The van der Waals surface area contributed by atoms with Crippen molar-refractivity contribution in [1.82, 2.24) is 15.3 Å². The van der Waals surface area contributed by atoms with E-state index in [0.29, 0.717) is 31.9 Å². The van der Waals surface area contributed by atoms with Crippen LogP contribution in [0.15, 0.2) is 6.07 Å². The predicted molar refractivity (Wildman–Crippen MR) is 75.7 cm³/mol. The van der Waals surface area contributed by atoms with Crippen LogP contribution in [0.2, 0.25) is 0 Å². The van der Waals surface area contributed by atoms with E-state index in [1.807, 2.05) is 26.8 Å². The zero-order valence-electron chi connectivity index (χ0n) is 12.6. The average molecular weight is 281 g/mol. The summed E-state index contributed by atoms with van der Waals surface area (Å²) in [5.74, 6) is -0.758. The molecule has 0 aliphatic rings. The number of methoxy groups -OCH3 is 1. The Balaban J connectivity index is 2.68. The fourth-order valence-corrected chi connectivity index (χ4v) is 2.09. The maximum Gasteiger partial charge on any atom is 0.316 e. The minimum absolute atomic E-state index is 0.331. The van der Waals surface area contributed by atoms with Crippen LogP contribution in [0.25, 0.3) is 0 Å². The topological polar surface area (TPSA) is 84.3 Å². The van der Waals surface area contributed by atoms with E-state index < -0.39 is 11.4 Å². The Hall–Kier alpha value is -1.69. The largest absolute Gasteiger partial charge is 0.481 e. The smallest absolute Gasteiger partial charge is 0.316 e. The number of hydrogen-bond acceptors (Lipinski definition) is 5. The molecular weight excluding hydrogens is 258 g/mol. The molecule has 0 unspecified atom stereocenters. The maximum absolute atomic E-state index is 11.4. The van der Waals surface area contributed by atoms with E-state index in [1.54, 1.807) is 0 Å². The zero-order chi connectivity index (χ0) is 15.2. The number of carboxylic acids is 1. The molecule has 1 aromatic rings. The third-order valence-electron chi connectivity index (χ3n) is 3.65. The normalized spacial score (nSPS) is 11.4. The molecule has 20 heavy (non-hydrogen) atoms. The third-order valence-corrected chi connectivity index (χ3v) is 3.65. The summed E-state index contributed by atoms with van der Waals surface area (Å²) >= 11 is 0. The Morgan fingerprint density at radius 2 is 2.05 bits per heavy atom. The molecule has 0 atom stereocenters. The van der Waals surface area contributed by atoms with Crippen molar-refractivity contribution in [3.63, 3.8) is 0 Å². The number of aromatic nitrogens is 2. The van der Waals surface area contributed by atoms with Crippen molar-refractivity contribution in [2.45, 2.75) is 40.2 Å². The lowest BCUT2D eigenvalue weighted by atomic mass is 9.82. The zero-order valence-corrected chi connectivity index (χ0v) is 12.6. The number of carboxylic acid groups (broad SMARTS) is 1. The number of hydrogen-bond donors (Lipinski definition) is 2. The lowest BCUT2D eigenvalue weighted by Gasteiger charge is -2.26. The van der Waals surface area contributed by atoms with Crippen molar-refractivity contribution < 1.29 is 14.6 Å². The van der Waals surface area contributed by atoms with E-state index in [-0.39, 0.29) is 0 Å². The fraction of sp³-hybridized carbons (Fsp3) is 0.643. The Morgan fingerprint density at radius 3 is 2.55 bits per heavy atom. The molecule has 1 rings (SSSR count). The van der Waals surface area contributed by atoms with Crippen LogP contribution in [-0.4, -0.2) is 34.7 Å². The molecule has 112 valence electrons. The van der Waals surface area contributed by atoms with Gasteiger partial charge in [-0.3, -0.25) is 4.79 Å². The van der Waals surface area contributed by atoms with Gasteiger partial charge >= 0.3 is 12.0 Å². The monoisotopic (exact) mass is 281 g/mol. The Kier molecular flexibility index (Phi) is 5.88. The van der Waals surface area contributed by atoms with Crippen LogP contribution in [-0.2, 0) is 11.3 Å². The summed E-state index contributed by atoms with van der Waals surface area (Å²) in [7, 11) is 1.52. The summed E-state index contributed by atoms with van der Waals surface area (Å²) in [6.45, 7) is 6.58. The average Bonchev–Trinajstić information content (AvgIpc) is 2.43. The second kappa shape index (κ2) is 7.19. The van der Waals surface area contributed by atoms with Crippen molar-refractivity contribution in [1.29, 1.82) is 0 Å². The molecule has 2 N–H and O–H groups in total. The highest BCUT2D eigenvalue weighted by Gasteiger charge is 2.34. The van der Waals surface area contributed by atoms with Crippen molar-refractivity contribution in [3.05, 3.63) is 17.5 Å². The number of rotatable bonds is 8. The van der Waals surface area contributed by atoms with E-state index in [2.05, 4.69) is 15.3 Å². The molecule has 1 heterocycles. The first-order chi connectivity index (χ1) is 9.47. The number of aryl methyl sites for hydroxylation is 1. The molecule has 0 aliphatic carbocycles. The lowest BCUT2D eigenvalue weighted by Crippen LogP contribution is -2.40. The predicted octanol–water partition coefficient (Wildman–Crippen LogP) is 1.77. The Bertz CT molecular complexity index is 459. The number of nitrogens with zero attached hydrogens (tertiary/aromatic N) is 2. The molecule has 6 nitrogen and oxygen atoms in total. The van der Waals surface area contributed by atoms with Gasteiger partial charge in [-0.05, 0) is 25.8 Å². The molecule has 0 amide bonds. The van der Waals surface area contributed by atoms with Gasteiger partial charge in [-0.25, -0.2) is 4.98 Å². The summed E-state index contributed by atoms with van der Waals surface area (Å²) in [4.78, 5) is 19.7. The minimum atomic E-state index is -0.758. The molecule has 0 fully saturated rings. The SMILES string of the molecule is CCC(CC)(CNCc1cc(C)nc(OC)n1)C(=O)O. The van der Waals surface area contributed by atoms with Crippen LogP contribution in [0.1, 0.15) is 38.1 Å². The molecule has 0 aromatic carbocycles. The molecular formula is C14H23N3O3. The van der Waals surface area contributed by atoms with E-state index in [9.17, 15) is 9.90 Å². The van der Waals surface area contributed by atoms with Crippen molar-refractivity contribution in [2.75, 3.05) is 13.7 Å². The fourth-order valence-electron chi connectivity index (χ4n) is 2.09. The summed E-state index contributed by atoms with van der Waals surface area (Å²) in [5, 5.41) is 12.5.